The zero-order chi connectivity index (χ0) is 22.8. The fourth-order valence-corrected chi connectivity index (χ4v) is 4.33. The van der Waals surface area contributed by atoms with E-state index in [-0.39, 0.29) is 30.0 Å². The number of carbonyl (C=O) groups is 2. The summed E-state index contributed by atoms with van der Waals surface area (Å²) < 4.78 is 1.76. The van der Waals surface area contributed by atoms with Crippen LogP contribution in [-0.2, 0) is 11.2 Å². The molecule has 1 saturated carbocycles. The molecule has 1 aromatic heterocycles. The largest absolute Gasteiger partial charge is 0.325 e. The maximum atomic E-state index is 13.0. The normalized spacial score (nSPS) is 15.6. The van der Waals surface area contributed by atoms with E-state index in [9.17, 15) is 14.4 Å². The highest BCUT2D eigenvalue weighted by atomic mass is 16.2. The lowest BCUT2D eigenvalue weighted by atomic mass is 10.2. The second kappa shape index (κ2) is 9.05. The van der Waals surface area contributed by atoms with E-state index in [1.807, 2.05) is 30.3 Å². The quantitative estimate of drug-likeness (QED) is 0.601. The summed E-state index contributed by atoms with van der Waals surface area (Å²) in [5, 5.41) is 6.42. The third-order valence-corrected chi connectivity index (χ3v) is 6.20. The summed E-state index contributed by atoms with van der Waals surface area (Å²) in [4.78, 5) is 44.7. The number of amides is 3. The first-order chi connectivity index (χ1) is 16.1. The molecule has 5 rings (SSSR count). The van der Waals surface area contributed by atoms with Crippen LogP contribution in [-0.4, -0.2) is 39.5 Å². The standard InChI is InChI=1S/C25H27N5O3/c31-23(27-20-9-3-4-10-21(20)28-25(33)29-15-5-6-16-29)14-13-22-26-19-8-2-1-7-18(19)24(32)30(22)17-11-12-17/h1-4,7-10,17H,5-6,11-16H2,(H,27,31)(H,28,33). The predicted octanol–water partition coefficient (Wildman–Crippen LogP) is 3.93. The molecule has 2 N–H and O–H groups in total. The highest BCUT2D eigenvalue weighted by molar-refractivity contribution is 5.99. The van der Waals surface area contributed by atoms with Gasteiger partial charge in [0.25, 0.3) is 5.56 Å². The van der Waals surface area contributed by atoms with Crippen LogP contribution >= 0.6 is 0 Å². The van der Waals surface area contributed by atoms with E-state index in [4.69, 9.17) is 4.98 Å². The first-order valence-corrected chi connectivity index (χ1v) is 11.5. The van der Waals surface area contributed by atoms with Gasteiger partial charge in [-0.25, -0.2) is 9.78 Å². The number of nitrogens with one attached hydrogen (secondary N) is 2. The Bertz CT molecular complexity index is 1260. The summed E-state index contributed by atoms with van der Waals surface area (Å²) in [7, 11) is 0. The number of likely N-dealkylation sites (tertiary alicyclic amines) is 1. The number of aromatic nitrogens is 2. The van der Waals surface area contributed by atoms with Gasteiger partial charge in [0.1, 0.15) is 5.82 Å². The van der Waals surface area contributed by atoms with Crippen LogP contribution in [0.5, 0.6) is 0 Å². The molecule has 0 spiro atoms. The van der Waals surface area contributed by atoms with Gasteiger partial charge in [0, 0.05) is 32.0 Å². The second-order valence-corrected chi connectivity index (χ2v) is 8.67. The molecule has 0 bridgehead atoms. The van der Waals surface area contributed by atoms with Gasteiger partial charge >= 0.3 is 6.03 Å². The van der Waals surface area contributed by atoms with E-state index in [0.717, 1.165) is 38.8 Å². The summed E-state index contributed by atoms with van der Waals surface area (Å²) in [6, 6.07) is 14.5. The molecule has 3 aromatic rings. The average Bonchev–Trinajstić information content (AvgIpc) is 3.50. The Labute approximate surface area is 191 Å². The van der Waals surface area contributed by atoms with Crippen molar-refractivity contribution >= 4 is 34.2 Å². The molecule has 0 unspecified atom stereocenters. The van der Waals surface area contributed by atoms with Gasteiger partial charge in [-0.2, -0.15) is 0 Å². The molecule has 1 aliphatic heterocycles. The van der Waals surface area contributed by atoms with E-state index >= 15 is 0 Å². The Morgan fingerprint density at radius 2 is 1.61 bits per heavy atom. The maximum Gasteiger partial charge on any atom is 0.321 e. The summed E-state index contributed by atoms with van der Waals surface area (Å²) in [6.07, 6.45) is 4.50. The molecule has 2 heterocycles. The van der Waals surface area contributed by atoms with Crippen LogP contribution < -0.4 is 16.2 Å². The van der Waals surface area contributed by atoms with E-state index in [0.29, 0.717) is 34.5 Å². The topological polar surface area (TPSA) is 96.3 Å². The fraction of sp³-hybridized carbons (Fsp3) is 0.360. The van der Waals surface area contributed by atoms with Gasteiger partial charge in [-0.05, 0) is 49.9 Å². The number of fused-ring (bicyclic) bond motifs is 1. The number of benzene rings is 2. The number of rotatable bonds is 6. The number of aryl methyl sites for hydroxylation is 1. The lowest BCUT2D eigenvalue weighted by molar-refractivity contribution is -0.116. The number of para-hydroxylation sites is 3. The van der Waals surface area contributed by atoms with E-state index in [2.05, 4.69) is 10.6 Å². The maximum absolute atomic E-state index is 13.0. The summed E-state index contributed by atoms with van der Waals surface area (Å²) in [5.74, 6) is 0.453. The van der Waals surface area contributed by atoms with Crippen molar-refractivity contribution in [2.24, 2.45) is 0 Å². The minimum absolute atomic E-state index is 0.0338. The van der Waals surface area contributed by atoms with Crippen LogP contribution in [0.15, 0.2) is 53.3 Å². The highest BCUT2D eigenvalue weighted by Crippen LogP contribution is 2.35. The number of carbonyl (C=O) groups excluding carboxylic acids is 2. The number of anilines is 2. The van der Waals surface area contributed by atoms with Crippen LogP contribution in [0.1, 0.15) is 44.0 Å². The predicted molar refractivity (Wildman–Crippen MR) is 127 cm³/mol. The van der Waals surface area contributed by atoms with Gasteiger partial charge in [0.15, 0.2) is 0 Å². The Morgan fingerprint density at radius 1 is 0.939 bits per heavy atom. The van der Waals surface area contributed by atoms with Gasteiger partial charge in [0.05, 0.1) is 22.3 Å². The molecular weight excluding hydrogens is 418 g/mol. The van der Waals surface area contributed by atoms with E-state index in [1.165, 1.54) is 0 Å². The van der Waals surface area contributed by atoms with Crippen molar-refractivity contribution in [1.29, 1.82) is 0 Å². The zero-order valence-electron chi connectivity index (χ0n) is 18.4. The Balaban J connectivity index is 1.29. The molecule has 33 heavy (non-hydrogen) atoms. The SMILES string of the molecule is O=C(CCc1nc2ccccc2c(=O)n1C1CC1)Nc1ccccc1NC(=O)N1CCCC1. The summed E-state index contributed by atoms with van der Waals surface area (Å²) in [6.45, 7) is 1.50. The first kappa shape index (κ1) is 21.2. The Hall–Kier alpha value is -3.68. The zero-order valence-corrected chi connectivity index (χ0v) is 18.4. The van der Waals surface area contributed by atoms with Gasteiger partial charge in [-0.1, -0.05) is 24.3 Å². The molecule has 170 valence electrons. The number of urea groups is 1. The molecule has 0 atom stereocenters. The van der Waals surface area contributed by atoms with Crippen molar-refractivity contribution in [3.63, 3.8) is 0 Å². The van der Waals surface area contributed by atoms with Crippen LogP contribution in [0, 0.1) is 0 Å². The third kappa shape index (κ3) is 4.60. The molecule has 0 radical (unpaired) electrons. The van der Waals surface area contributed by atoms with Crippen LogP contribution in [0.4, 0.5) is 16.2 Å². The summed E-state index contributed by atoms with van der Waals surface area (Å²) >= 11 is 0. The monoisotopic (exact) mass is 445 g/mol. The van der Waals surface area contributed by atoms with Gasteiger partial charge in [0.2, 0.25) is 5.91 Å². The molecule has 2 aliphatic rings. The molecule has 8 nitrogen and oxygen atoms in total. The van der Waals surface area contributed by atoms with Gasteiger partial charge < -0.3 is 15.5 Å². The third-order valence-electron chi connectivity index (χ3n) is 6.20. The number of nitrogens with zero attached hydrogens (tertiary/aromatic N) is 3. The lowest BCUT2D eigenvalue weighted by Crippen LogP contribution is -2.32. The van der Waals surface area contributed by atoms with Crippen LogP contribution in [0.2, 0.25) is 0 Å². The van der Waals surface area contributed by atoms with Crippen LogP contribution in [0.25, 0.3) is 10.9 Å². The fourth-order valence-electron chi connectivity index (χ4n) is 4.33. The van der Waals surface area contributed by atoms with Crippen molar-refractivity contribution in [3.8, 4) is 0 Å². The minimum Gasteiger partial charge on any atom is -0.325 e. The van der Waals surface area contributed by atoms with Crippen molar-refractivity contribution in [2.75, 3.05) is 23.7 Å². The molecular formula is C25H27N5O3. The second-order valence-electron chi connectivity index (χ2n) is 8.67. The van der Waals surface area contributed by atoms with Crippen molar-refractivity contribution in [2.45, 2.75) is 44.6 Å². The molecule has 2 fully saturated rings. The van der Waals surface area contributed by atoms with E-state index < -0.39 is 0 Å². The Kier molecular flexibility index (Phi) is 5.81. The lowest BCUT2D eigenvalue weighted by Gasteiger charge is -2.18. The van der Waals surface area contributed by atoms with Crippen LogP contribution in [0.3, 0.4) is 0 Å². The van der Waals surface area contributed by atoms with E-state index in [1.54, 1.807) is 27.7 Å². The van der Waals surface area contributed by atoms with Crippen molar-refractivity contribution < 1.29 is 9.59 Å². The minimum atomic E-state index is -0.192. The highest BCUT2D eigenvalue weighted by Gasteiger charge is 2.28. The smallest absolute Gasteiger partial charge is 0.321 e. The molecule has 8 heteroatoms. The van der Waals surface area contributed by atoms with Gasteiger partial charge in [-0.15, -0.1) is 0 Å². The first-order valence-electron chi connectivity index (χ1n) is 11.5. The average molecular weight is 446 g/mol. The molecule has 1 aliphatic carbocycles. The van der Waals surface area contributed by atoms with Crippen molar-refractivity contribution in [1.82, 2.24) is 14.5 Å². The van der Waals surface area contributed by atoms with Crippen molar-refractivity contribution in [3.05, 3.63) is 64.7 Å². The Morgan fingerprint density at radius 3 is 2.33 bits per heavy atom. The molecule has 2 aromatic carbocycles. The molecule has 3 amide bonds. The van der Waals surface area contributed by atoms with Gasteiger partial charge in [-0.3, -0.25) is 14.2 Å². The number of hydrogen-bond donors (Lipinski definition) is 2. The number of hydrogen-bond acceptors (Lipinski definition) is 4. The summed E-state index contributed by atoms with van der Waals surface area (Å²) in [5.41, 5.74) is 1.75. The molecule has 1 saturated heterocycles.